The van der Waals surface area contributed by atoms with Crippen LogP contribution in [0.15, 0.2) is 18.5 Å². The molecule has 80 valence electrons. The smallest absolute Gasteiger partial charge is 0.0843 e. The number of hydrogen-bond acceptors (Lipinski definition) is 2. The van der Waals surface area contributed by atoms with Crippen LogP contribution in [0.1, 0.15) is 11.4 Å². The van der Waals surface area contributed by atoms with Gasteiger partial charge >= 0.3 is 0 Å². The van der Waals surface area contributed by atoms with Gasteiger partial charge in [-0.3, -0.25) is 4.68 Å². The minimum atomic E-state index is 0.794. The van der Waals surface area contributed by atoms with Crippen LogP contribution in [-0.4, -0.2) is 21.8 Å². The fourth-order valence-electron chi connectivity index (χ4n) is 1.82. The Hall–Kier alpha value is -1.55. The van der Waals surface area contributed by atoms with Crippen molar-refractivity contribution in [1.29, 1.82) is 0 Å². The molecule has 0 aromatic carbocycles. The lowest BCUT2D eigenvalue weighted by molar-refractivity contribution is 0.698. The molecule has 4 heteroatoms. The van der Waals surface area contributed by atoms with E-state index in [1.807, 2.05) is 31.2 Å². The number of aromatic nitrogens is 3. The van der Waals surface area contributed by atoms with Gasteiger partial charge in [-0.1, -0.05) is 0 Å². The molecule has 4 nitrogen and oxygen atoms in total. The minimum Gasteiger partial charge on any atom is -0.367 e. The van der Waals surface area contributed by atoms with E-state index >= 15 is 0 Å². The molecule has 0 saturated carbocycles. The Labute approximate surface area is 89.3 Å². The van der Waals surface area contributed by atoms with Crippen LogP contribution in [-0.2, 0) is 13.6 Å². The van der Waals surface area contributed by atoms with Crippen molar-refractivity contribution in [1.82, 2.24) is 20.1 Å². The van der Waals surface area contributed by atoms with Crippen LogP contribution < -0.4 is 5.32 Å². The van der Waals surface area contributed by atoms with Crippen LogP contribution in [0.3, 0.4) is 0 Å². The third-order valence-corrected chi connectivity index (χ3v) is 2.64. The van der Waals surface area contributed by atoms with Crippen LogP contribution in [0.25, 0.3) is 11.1 Å². The lowest BCUT2D eigenvalue weighted by Crippen LogP contribution is -2.06. The highest BCUT2D eigenvalue weighted by molar-refractivity contribution is 5.68. The molecule has 2 aromatic heterocycles. The quantitative estimate of drug-likeness (QED) is 0.794. The summed E-state index contributed by atoms with van der Waals surface area (Å²) in [4.78, 5) is 3.08. The summed E-state index contributed by atoms with van der Waals surface area (Å²) < 4.78 is 1.93. The summed E-state index contributed by atoms with van der Waals surface area (Å²) in [6, 6.07) is 2.07. The standard InChI is InChI=1S/C11H16N4/c1-8-11(9-4-5-13-6-9)10(7-12-2)14-15(8)3/h4-6,12-13H,7H2,1-3H3. The van der Waals surface area contributed by atoms with Gasteiger partial charge in [0.05, 0.1) is 5.69 Å². The maximum Gasteiger partial charge on any atom is 0.0843 e. The minimum absolute atomic E-state index is 0.794. The van der Waals surface area contributed by atoms with Crippen molar-refractivity contribution >= 4 is 0 Å². The van der Waals surface area contributed by atoms with Gasteiger partial charge in [0.15, 0.2) is 0 Å². The molecule has 2 heterocycles. The zero-order chi connectivity index (χ0) is 10.8. The average molecular weight is 204 g/mol. The highest BCUT2D eigenvalue weighted by Crippen LogP contribution is 2.26. The molecule has 2 N–H and O–H groups in total. The Balaban J connectivity index is 2.53. The Bertz CT molecular complexity index is 439. The van der Waals surface area contributed by atoms with E-state index < -0.39 is 0 Å². The van der Waals surface area contributed by atoms with E-state index in [9.17, 15) is 0 Å². The Morgan fingerprint density at radius 1 is 1.53 bits per heavy atom. The Morgan fingerprint density at radius 2 is 2.33 bits per heavy atom. The summed E-state index contributed by atoms with van der Waals surface area (Å²) >= 11 is 0. The summed E-state index contributed by atoms with van der Waals surface area (Å²) in [5.41, 5.74) is 4.72. The molecule has 0 amide bonds. The van der Waals surface area contributed by atoms with E-state index in [1.165, 1.54) is 16.8 Å². The van der Waals surface area contributed by atoms with Gasteiger partial charge in [-0.25, -0.2) is 0 Å². The van der Waals surface area contributed by atoms with E-state index in [0.29, 0.717) is 0 Å². The highest BCUT2D eigenvalue weighted by Gasteiger charge is 2.13. The van der Waals surface area contributed by atoms with Gasteiger partial charge in [0.1, 0.15) is 0 Å². The molecule has 0 atom stereocenters. The van der Waals surface area contributed by atoms with Crippen molar-refractivity contribution in [3.8, 4) is 11.1 Å². The predicted molar refractivity (Wildman–Crippen MR) is 60.5 cm³/mol. The number of nitrogens with one attached hydrogen (secondary N) is 2. The molecule has 0 radical (unpaired) electrons. The summed E-state index contributed by atoms with van der Waals surface area (Å²) in [6.45, 7) is 2.89. The van der Waals surface area contributed by atoms with Crippen molar-refractivity contribution in [2.75, 3.05) is 7.05 Å². The van der Waals surface area contributed by atoms with Gasteiger partial charge in [0, 0.05) is 42.8 Å². The molecular weight excluding hydrogens is 188 g/mol. The SMILES string of the molecule is CNCc1nn(C)c(C)c1-c1cc[nH]c1. The van der Waals surface area contributed by atoms with Crippen LogP contribution in [0.5, 0.6) is 0 Å². The van der Waals surface area contributed by atoms with Crippen molar-refractivity contribution in [3.63, 3.8) is 0 Å². The molecule has 0 bridgehead atoms. The first kappa shape index (κ1) is 9.98. The van der Waals surface area contributed by atoms with E-state index in [-0.39, 0.29) is 0 Å². The molecule has 2 aromatic rings. The van der Waals surface area contributed by atoms with E-state index in [1.54, 1.807) is 0 Å². The first-order valence-electron chi connectivity index (χ1n) is 5.04. The number of H-pyrrole nitrogens is 1. The summed E-state index contributed by atoms with van der Waals surface area (Å²) in [5.74, 6) is 0. The van der Waals surface area contributed by atoms with Crippen molar-refractivity contribution in [2.24, 2.45) is 7.05 Å². The van der Waals surface area contributed by atoms with Crippen molar-refractivity contribution in [2.45, 2.75) is 13.5 Å². The monoisotopic (exact) mass is 204 g/mol. The molecule has 0 unspecified atom stereocenters. The van der Waals surface area contributed by atoms with Crippen LogP contribution in [0.4, 0.5) is 0 Å². The van der Waals surface area contributed by atoms with Crippen molar-refractivity contribution < 1.29 is 0 Å². The molecule has 0 fully saturated rings. The maximum atomic E-state index is 4.50. The second-order valence-corrected chi connectivity index (χ2v) is 3.66. The summed E-state index contributed by atoms with van der Waals surface area (Å²) in [7, 11) is 3.91. The second kappa shape index (κ2) is 3.90. The van der Waals surface area contributed by atoms with Crippen LogP contribution >= 0.6 is 0 Å². The van der Waals surface area contributed by atoms with Crippen molar-refractivity contribution in [3.05, 3.63) is 29.8 Å². The molecule has 0 saturated heterocycles. The van der Waals surface area contributed by atoms with E-state index in [2.05, 4.69) is 28.4 Å². The Morgan fingerprint density at radius 3 is 2.93 bits per heavy atom. The fourth-order valence-corrected chi connectivity index (χ4v) is 1.82. The molecular formula is C11H16N4. The predicted octanol–water partition coefficient (Wildman–Crippen LogP) is 1.44. The first-order valence-corrected chi connectivity index (χ1v) is 5.04. The third kappa shape index (κ3) is 1.68. The maximum absolute atomic E-state index is 4.50. The van der Waals surface area contributed by atoms with E-state index in [4.69, 9.17) is 0 Å². The number of hydrogen-bond donors (Lipinski definition) is 2. The number of rotatable bonds is 3. The second-order valence-electron chi connectivity index (χ2n) is 3.66. The third-order valence-electron chi connectivity index (χ3n) is 2.64. The van der Waals surface area contributed by atoms with Gasteiger partial charge in [-0.15, -0.1) is 0 Å². The lowest BCUT2D eigenvalue weighted by atomic mass is 10.1. The van der Waals surface area contributed by atoms with Gasteiger partial charge in [-0.2, -0.15) is 5.10 Å². The number of aryl methyl sites for hydroxylation is 1. The first-order chi connectivity index (χ1) is 7.24. The van der Waals surface area contributed by atoms with Gasteiger partial charge < -0.3 is 10.3 Å². The van der Waals surface area contributed by atoms with Gasteiger partial charge in [-0.05, 0) is 20.0 Å². The zero-order valence-electron chi connectivity index (χ0n) is 9.33. The van der Waals surface area contributed by atoms with Crippen LogP contribution in [0.2, 0.25) is 0 Å². The highest BCUT2D eigenvalue weighted by atomic mass is 15.3. The van der Waals surface area contributed by atoms with E-state index in [0.717, 1.165) is 12.2 Å². The normalized spacial score (nSPS) is 10.9. The van der Waals surface area contributed by atoms with Gasteiger partial charge in [0.2, 0.25) is 0 Å². The molecule has 0 spiro atoms. The zero-order valence-corrected chi connectivity index (χ0v) is 9.33. The van der Waals surface area contributed by atoms with Crippen LogP contribution in [0, 0.1) is 6.92 Å². The van der Waals surface area contributed by atoms with Gasteiger partial charge in [0.25, 0.3) is 0 Å². The topological polar surface area (TPSA) is 45.6 Å². The molecule has 15 heavy (non-hydrogen) atoms. The molecule has 0 aliphatic heterocycles. The lowest BCUT2D eigenvalue weighted by Gasteiger charge is -2.00. The molecule has 0 aliphatic rings. The largest absolute Gasteiger partial charge is 0.367 e. The fraction of sp³-hybridized carbons (Fsp3) is 0.364. The average Bonchev–Trinajstić information content (AvgIpc) is 2.78. The number of aromatic amines is 1. The number of nitrogens with zero attached hydrogens (tertiary/aromatic N) is 2. The Kier molecular flexibility index (Phi) is 2.60. The summed E-state index contributed by atoms with van der Waals surface area (Å²) in [5, 5.41) is 7.64. The summed E-state index contributed by atoms with van der Waals surface area (Å²) in [6.07, 6.45) is 3.94. The molecule has 0 aliphatic carbocycles. The molecule has 2 rings (SSSR count).